The molecule has 5 nitrogen and oxygen atoms in total. The smallest absolute Gasteiger partial charge is 0.253 e. The molecule has 0 aromatic heterocycles. The molecule has 0 radical (unpaired) electrons. The summed E-state index contributed by atoms with van der Waals surface area (Å²) >= 11 is 0. The number of carbonyl (C=O) groups is 1. The molecule has 5 heteroatoms. The summed E-state index contributed by atoms with van der Waals surface area (Å²) in [5.41, 5.74) is 3.86. The van der Waals surface area contributed by atoms with Crippen molar-refractivity contribution in [2.24, 2.45) is 5.16 Å². The number of hydrogen-bond acceptors (Lipinski definition) is 4. The predicted octanol–water partition coefficient (Wildman–Crippen LogP) is 3.66. The number of nitrogens with zero attached hydrogens (tertiary/aromatic N) is 2. The molecule has 2 aromatic carbocycles. The second-order valence-electron chi connectivity index (χ2n) is 6.41. The normalized spacial score (nSPS) is 16.0. The van der Waals surface area contributed by atoms with Gasteiger partial charge in [0.1, 0.15) is 5.75 Å². The third-order valence-corrected chi connectivity index (χ3v) is 4.55. The van der Waals surface area contributed by atoms with Gasteiger partial charge in [-0.15, -0.1) is 0 Å². The van der Waals surface area contributed by atoms with E-state index in [1.54, 1.807) is 36.3 Å². The highest BCUT2D eigenvalue weighted by atomic mass is 16.6. The van der Waals surface area contributed by atoms with E-state index >= 15 is 0 Å². The lowest BCUT2D eigenvalue weighted by atomic mass is 10.0. The van der Waals surface area contributed by atoms with Gasteiger partial charge in [0, 0.05) is 18.5 Å². The lowest BCUT2D eigenvalue weighted by Gasteiger charge is -2.23. The van der Waals surface area contributed by atoms with Crippen molar-refractivity contribution >= 4 is 11.6 Å². The van der Waals surface area contributed by atoms with Gasteiger partial charge in [-0.25, -0.2) is 0 Å². The number of benzene rings is 2. The molecule has 0 fully saturated rings. The fraction of sp³-hybridized carbons (Fsp3) is 0.333. The van der Waals surface area contributed by atoms with Crippen LogP contribution in [-0.2, 0) is 4.84 Å². The first-order valence-electron chi connectivity index (χ1n) is 8.83. The van der Waals surface area contributed by atoms with Crippen molar-refractivity contribution in [3.63, 3.8) is 0 Å². The third-order valence-electron chi connectivity index (χ3n) is 4.55. The molecule has 136 valence electrons. The molecular weight excluding hydrogens is 328 g/mol. The molecule has 0 saturated heterocycles. The number of carbonyl (C=O) groups excluding carboxylic acids is 1. The van der Waals surface area contributed by atoms with Crippen LogP contribution in [0, 0.1) is 6.92 Å². The Morgan fingerprint density at radius 1 is 1.19 bits per heavy atom. The van der Waals surface area contributed by atoms with E-state index in [2.05, 4.69) is 36.3 Å². The maximum atomic E-state index is 12.7. The topological polar surface area (TPSA) is 51.1 Å². The van der Waals surface area contributed by atoms with Gasteiger partial charge in [0.15, 0.2) is 6.10 Å². The molecule has 3 rings (SSSR count). The van der Waals surface area contributed by atoms with Crippen molar-refractivity contribution in [3.8, 4) is 5.75 Å². The Morgan fingerprint density at radius 3 is 2.50 bits per heavy atom. The Hall–Kier alpha value is -2.82. The number of amides is 1. The highest BCUT2D eigenvalue weighted by Crippen LogP contribution is 2.19. The summed E-state index contributed by atoms with van der Waals surface area (Å²) in [7, 11) is 1.61. The Labute approximate surface area is 154 Å². The van der Waals surface area contributed by atoms with E-state index in [-0.39, 0.29) is 12.0 Å². The molecule has 0 spiro atoms. The van der Waals surface area contributed by atoms with Crippen LogP contribution in [0.4, 0.5) is 0 Å². The highest BCUT2D eigenvalue weighted by molar-refractivity contribution is 6.01. The van der Waals surface area contributed by atoms with Crippen LogP contribution >= 0.6 is 0 Å². The van der Waals surface area contributed by atoms with Crippen LogP contribution in [0.1, 0.15) is 34.8 Å². The fourth-order valence-electron chi connectivity index (χ4n) is 2.96. The van der Waals surface area contributed by atoms with Crippen LogP contribution in [0.25, 0.3) is 0 Å². The summed E-state index contributed by atoms with van der Waals surface area (Å²) in [6, 6.07) is 15.4. The summed E-state index contributed by atoms with van der Waals surface area (Å²) in [5.74, 6) is 0.724. The van der Waals surface area contributed by atoms with E-state index in [0.717, 1.165) is 17.0 Å². The van der Waals surface area contributed by atoms with Gasteiger partial charge in [-0.2, -0.15) is 0 Å². The van der Waals surface area contributed by atoms with Gasteiger partial charge in [-0.05, 0) is 43.7 Å². The number of aryl methyl sites for hydroxylation is 1. The van der Waals surface area contributed by atoms with E-state index in [9.17, 15) is 4.79 Å². The number of hydrogen-bond donors (Lipinski definition) is 0. The maximum absolute atomic E-state index is 12.7. The predicted molar refractivity (Wildman–Crippen MR) is 102 cm³/mol. The van der Waals surface area contributed by atoms with Crippen LogP contribution < -0.4 is 4.74 Å². The summed E-state index contributed by atoms with van der Waals surface area (Å²) < 4.78 is 5.14. The van der Waals surface area contributed by atoms with E-state index in [4.69, 9.17) is 9.57 Å². The molecule has 0 bridgehead atoms. The van der Waals surface area contributed by atoms with Crippen molar-refractivity contribution in [3.05, 3.63) is 65.2 Å². The van der Waals surface area contributed by atoms with E-state index < -0.39 is 0 Å². The second-order valence-corrected chi connectivity index (χ2v) is 6.41. The van der Waals surface area contributed by atoms with Gasteiger partial charge < -0.3 is 14.5 Å². The Morgan fingerprint density at radius 2 is 1.88 bits per heavy atom. The standard InChI is InChI=1S/C21H24N2O3/c1-4-23(21(24)17-9-11-18(25-3)12-10-17)14-19-13-20(22-26-19)16-7-5-15(2)6-8-16/h5-12,19H,4,13-14H2,1-3H3/t19-/m1/s1. The molecule has 0 aliphatic carbocycles. The Kier molecular flexibility index (Phi) is 5.56. The maximum Gasteiger partial charge on any atom is 0.253 e. The minimum atomic E-state index is -0.117. The first-order valence-corrected chi connectivity index (χ1v) is 8.83. The molecule has 2 aromatic rings. The quantitative estimate of drug-likeness (QED) is 0.797. The lowest BCUT2D eigenvalue weighted by molar-refractivity contribution is 0.0436. The van der Waals surface area contributed by atoms with Gasteiger partial charge in [0.2, 0.25) is 0 Å². The minimum absolute atomic E-state index is 0.0115. The number of oxime groups is 1. The van der Waals surface area contributed by atoms with Crippen molar-refractivity contribution in [2.45, 2.75) is 26.4 Å². The SMILES string of the molecule is CCN(C[C@H]1CC(c2ccc(C)cc2)=NO1)C(=O)c1ccc(OC)cc1. The first kappa shape index (κ1) is 18.0. The molecule has 26 heavy (non-hydrogen) atoms. The summed E-state index contributed by atoms with van der Waals surface area (Å²) in [6.45, 7) is 5.16. The number of likely N-dealkylation sites (N-methyl/N-ethyl adjacent to an activating group) is 1. The Bertz CT molecular complexity index is 782. The molecule has 0 unspecified atom stereocenters. The van der Waals surface area contributed by atoms with Gasteiger partial charge in [0.25, 0.3) is 5.91 Å². The van der Waals surface area contributed by atoms with E-state index in [1.807, 2.05) is 6.92 Å². The van der Waals surface area contributed by atoms with Gasteiger partial charge in [-0.3, -0.25) is 4.79 Å². The molecule has 1 heterocycles. The summed E-state index contributed by atoms with van der Waals surface area (Å²) in [4.78, 5) is 20.1. The minimum Gasteiger partial charge on any atom is -0.497 e. The average Bonchev–Trinajstić information content (AvgIpc) is 3.15. The zero-order chi connectivity index (χ0) is 18.5. The molecular formula is C21H24N2O3. The van der Waals surface area contributed by atoms with Gasteiger partial charge in [-0.1, -0.05) is 35.0 Å². The monoisotopic (exact) mass is 352 g/mol. The Balaban J connectivity index is 1.62. The second kappa shape index (κ2) is 8.04. The fourth-order valence-corrected chi connectivity index (χ4v) is 2.96. The molecule has 1 amide bonds. The molecule has 1 aliphatic rings. The van der Waals surface area contributed by atoms with E-state index in [0.29, 0.717) is 25.1 Å². The molecule has 1 aliphatic heterocycles. The lowest BCUT2D eigenvalue weighted by Crippen LogP contribution is -2.37. The zero-order valence-electron chi connectivity index (χ0n) is 15.4. The number of ether oxygens (including phenoxy) is 1. The van der Waals surface area contributed by atoms with Crippen molar-refractivity contribution in [1.29, 1.82) is 0 Å². The van der Waals surface area contributed by atoms with Crippen molar-refractivity contribution in [1.82, 2.24) is 4.90 Å². The van der Waals surface area contributed by atoms with Crippen molar-refractivity contribution in [2.75, 3.05) is 20.2 Å². The highest BCUT2D eigenvalue weighted by Gasteiger charge is 2.26. The third kappa shape index (κ3) is 4.04. The largest absolute Gasteiger partial charge is 0.497 e. The van der Waals surface area contributed by atoms with Gasteiger partial charge in [0.05, 0.1) is 19.4 Å². The van der Waals surface area contributed by atoms with E-state index in [1.165, 1.54) is 5.56 Å². The number of rotatable bonds is 6. The zero-order valence-corrected chi connectivity index (χ0v) is 15.4. The summed E-state index contributed by atoms with van der Waals surface area (Å²) in [6.07, 6.45) is 0.587. The van der Waals surface area contributed by atoms with Crippen LogP contribution in [0.3, 0.4) is 0 Å². The van der Waals surface area contributed by atoms with Crippen LogP contribution in [0.2, 0.25) is 0 Å². The van der Waals surface area contributed by atoms with Crippen LogP contribution in [0.15, 0.2) is 53.7 Å². The molecule has 1 atom stereocenters. The summed E-state index contributed by atoms with van der Waals surface area (Å²) in [5, 5.41) is 4.22. The van der Waals surface area contributed by atoms with Crippen LogP contribution in [0.5, 0.6) is 5.75 Å². The molecule has 0 saturated carbocycles. The average molecular weight is 352 g/mol. The van der Waals surface area contributed by atoms with Crippen molar-refractivity contribution < 1.29 is 14.4 Å². The molecule has 0 N–H and O–H groups in total. The van der Waals surface area contributed by atoms with Gasteiger partial charge >= 0.3 is 0 Å². The number of methoxy groups -OCH3 is 1. The van der Waals surface area contributed by atoms with Crippen LogP contribution in [-0.4, -0.2) is 42.8 Å². The first-order chi connectivity index (χ1) is 12.6.